The van der Waals surface area contributed by atoms with Crippen LogP contribution in [-0.4, -0.2) is 33.8 Å². The lowest BCUT2D eigenvalue weighted by molar-refractivity contribution is -0.142. The molecule has 1 amide bonds. The van der Waals surface area contributed by atoms with Crippen molar-refractivity contribution < 1.29 is 19.5 Å². The Morgan fingerprint density at radius 3 is 2.56 bits per heavy atom. The number of amides is 1. The van der Waals surface area contributed by atoms with Crippen LogP contribution in [0.25, 0.3) is 10.2 Å². The minimum Gasteiger partial charge on any atom is -0.480 e. The van der Waals surface area contributed by atoms with E-state index in [9.17, 15) is 14.4 Å². The van der Waals surface area contributed by atoms with Crippen LogP contribution in [0.1, 0.15) is 44.5 Å². The molecule has 0 aliphatic rings. The van der Waals surface area contributed by atoms with Crippen molar-refractivity contribution >= 4 is 39.2 Å². The van der Waals surface area contributed by atoms with Crippen LogP contribution < -0.4 is 5.32 Å². The van der Waals surface area contributed by atoms with Crippen LogP contribution in [-0.2, 0) is 9.59 Å². The monoisotopic (exact) mass is 362 g/mol. The van der Waals surface area contributed by atoms with Gasteiger partial charge in [0.1, 0.15) is 6.04 Å². The predicted molar refractivity (Wildman–Crippen MR) is 96.8 cm³/mol. The second kappa shape index (κ2) is 7.31. The number of Topliss-reactive ketones (excluding diaryl/α,β-unsaturated/α-hetero) is 1. The molecule has 0 fully saturated rings. The lowest BCUT2D eigenvalue weighted by atomic mass is 9.76. The summed E-state index contributed by atoms with van der Waals surface area (Å²) in [6, 6.07) is 4.29. The molecular weight excluding hydrogens is 340 g/mol. The smallest absolute Gasteiger partial charge is 0.325 e. The number of fused-ring (bicyclic) bond motifs is 1. The van der Waals surface area contributed by atoms with E-state index in [1.165, 1.54) is 18.3 Å². The zero-order valence-electron chi connectivity index (χ0n) is 14.7. The number of nitrogens with zero attached hydrogens (tertiary/aromatic N) is 1. The van der Waals surface area contributed by atoms with E-state index in [1.807, 2.05) is 20.8 Å². The Morgan fingerprint density at radius 2 is 1.96 bits per heavy atom. The summed E-state index contributed by atoms with van der Waals surface area (Å²) >= 11 is 1.45. The fourth-order valence-electron chi connectivity index (χ4n) is 2.50. The Bertz CT molecular complexity index is 807. The molecule has 7 heteroatoms. The number of nitrogens with one attached hydrogen (secondary N) is 1. The first-order valence-corrected chi connectivity index (χ1v) is 8.87. The van der Waals surface area contributed by atoms with Crippen molar-refractivity contribution in [3.05, 3.63) is 29.3 Å². The van der Waals surface area contributed by atoms with Crippen LogP contribution in [0.4, 0.5) is 0 Å². The zero-order chi connectivity index (χ0) is 18.8. The quantitative estimate of drug-likeness (QED) is 0.770. The number of hydrogen-bond acceptors (Lipinski definition) is 5. The number of aromatic nitrogens is 1. The second-order valence-corrected chi connectivity index (χ2v) is 8.04. The van der Waals surface area contributed by atoms with Crippen molar-refractivity contribution in [2.75, 3.05) is 0 Å². The standard InChI is InChI=1S/C18H22N2O4S/c1-10(17(23)24)20-16(22)12(18(2,3)4)8-14(21)11-5-6-13-15(7-11)25-9-19-13/h5-7,9-10,12H,8H2,1-4H3,(H,20,22)(H,23,24)/t10-,12+/m0/s1. The molecule has 2 rings (SSSR count). The Labute approximate surface area is 150 Å². The second-order valence-electron chi connectivity index (χ2n) is 7.15. The van der Waals surface area contributed by atoms with Gasteiger partial charge in [-0.05, 0) is 30.5 Å². The highest BCUT2D eigenvalue weighted by molar-refractivity contribution is 7.16. The van der Waals surface area contributed by atoms with Gasteiger partial charge >= 0.3 is 5.97 Å². The van der Waals surface area contributed by atoms with Crippen molar-refractivity contribution in [3.8, 4) is 0 Å². The molecule has 1 heterocycles. The first kappa shape index (κ1) is 19.1. The number of rotatable bonds is 6. The molecule has 0 aliphatic carbocycles. The predicted octanol–water partition coefficient (Wildman–Crippen LogP) is 3.12. The van der Waals surface area contributed by atoms with Crippen LogP contribution >= 0.6 is 11.3 Å². The number of carbonyl (C=O) groups is 3. The first-order chi connectivity index (χ1) is 11.6. The summed E-state index contributed by atoms with van der Waals surface area (Å²) in [6.45, 7) is 6.99. The average Bonchev–Trinajstić information content (AvgIpc) is 2.98. The minimum absolute atomic E-state index is 0.0198. The number of carboxylic acid groups (broad SMARTS) is 1. The van der Waals surface area contributed by atoms with Crippen molar-refractivity contribution in [2.45, 2.75) is 40.2 Å². The summed E-state index contributed by atoms with van der Waals surface area (Å²) in [5, 5.41) is 11.4. The van der Waals surface area contributed by atoms with Gasteiger partial charge in [-0.15, -0.1) is 11.3 Å². The van der Waals surface area contributed by atoms with Gasteiger partial charge in [0.15, 0.2) is 5.78 Å². The molecule has 134 valence electrons. The summed E-state index contributed by atoms with van der Waals surface area (Å²) in [5.41, 5.74) is 2.61. The molecule has 2 atom stereocenters. The molecule has 0 bridgehead atoms. The van der Waals surface area contributed by atoms with Crippen LogP contribution in [0.5, 0.6) is 0 Å². The highest BCUT2D eigenvalue weighted by atomic mass is 32.1. The summed E-state index contributed by atoms with van der Waals surface area (Å²) in [4.78, 5) is 40.3. The SMILES string of the molecule is C[C@H](NC(=O)[C@@H](CC(=O)c1ccc2ncsc2c1)C(C)(C)C)C(=O)O. The van der Waals surface area contributed by atoms with Crippen molar-refractivity contribution in [3.63, 3.8) is 0 Å². The molecule has 25 heavy (non-hydrogen) atoms. The maximum absolute atomic E-state index is 12.7. The molecule has 1 aromatic heterocycles. The molecule has 0 aliphatic heterocycles. The van der Waals surface area contributed by atoms with Crippen molar-refractivity contribution in [2.24, 2.45) is 11.3 Å². The number of benzene rings is 1. The summed E-state index contributed by atoms with van der Waals surface area (Å²) < 4.78 is 0.919. The largest absolute Gasteiger partial charge is 0.480 e. The molecule has 0 radical (unpaired) electrons. The van der Waals surface area contributed by atoms with Crippen molar-refractivity contribution in [1.29, 1.82) is 0 Å². The van der Waals surface area contributed by atoms with Gasteiger partial charge in [-0.2, -0.15) is 0 Å². The summed E-state index contributed by atoms with van der Waals surface area (Å²) in [7, 11) is 0. The van der Waals surface area contributed by atoms with E-state index in [0.29, 0.717) is 5.56 Å². The molecular formula is C18H22N2O4S. The van der Waals surface area contributed by atoms with Crippen molar-refractivity contribution in [1.82, 2.24) is 10.3 Å². The topological polar surface area (TPSA) is 96.4 Å². The van der Waals surface area contributed by atoms with Gasteiger partial charge < -0.3 is 10.4 Å². The third kappa shape index (κ3) is 4.63. The first-order valence-electron chi connectivity index (χ1n) is 7.99. The van der Waals surface area contributed by atoms with Gasteiger partial charge in [-0.25, -0.2) is 4.98 Å². The average molecular weight is 362 g/mol. The molecule has 2 N–H and O–H groups in total. The molecule has 0 spiro atoms. The Balaban J connectivity index is 2.19. The van der Waals surface area contributed by atoms with E-state index in [1.54, 1.807) is 23.7 Å². The van der Waals surface area contributed by atoms with E-state index in [0.717, 1.165) is 10.2 Å². The Hall–Kier alpha value is -2.28. The van der Waals surface area contributed by atoms with Crippen LogP contribution in [0.3, 0.4) is 0 Å². The molecule has 0 unspecified atom stereocenters. The summed E-state index contributed by atoms with van der Waals surface area (Å²) in [6.07, 6.45) is 0.0198. The number of thiazole rings is 1. The molecule has 1 aromatic carbocycles. The van der Waals surface area contributed by atoms with E-state index in [-0.39, 0.29) is 12.2 Å². The fourth-order valence-corrected chi connectivity index (χ4v) is 3.22. The van der Waals surface area contributed by atoms with Gasteiger partial charge in [0, 0.05) is 12.0 Å². The van der Waals surface area contributed by atoms with Gasteiger partial charge in [0.2, 0.25) is 5.91 Å². The maximum atomic E-state index is 12.7. The number of ketones is 1. The van der Waals surface area contributed by atoms with Gasteiger partial charge in [-0.1, -0.05) is 20.8 Å². The molecule has 2 aromatic rings. The van der Waals surface area contributed by atoms with E-state index < -0.39 is 29.3 Å². The summed E-state index contributed by atoms with van der Waals surface area (Å²) in [5.74, 6) is -2.30. The van der Waals surface area contributed by atoms with Gasteiger partial charge in [0.25, 0.3) is 0 Å². The van der Waals surface area contributed by atoms with Gasteiger partial charge in [0.05, 0.1) is 21.6 Å². The zero-order valence-corrected chi connectivity index (χ0v) is 15.5. The third-order valence-electron chi connectivity index (χ3n) is 4.13. The highest BCUT2D eigenvalue weighted by Gasteiger charge is 2.34. The van der Waals surface area contributed by atoms with E-state index in [2.05, 4.69) is 10.3 Å². The normalized spacial score (nSPS) is 14.1. The lowest BCUT2D eigenvalue weighted by Crippen LogP contribution is -2.45. The fraction of sp³-hybridized carbons (Fsp3) is 0.444. The highest BCUT2D eigenvalue weighted by Crippen LogP contribution is 2.31. The molecule has 6 nitrogen and oxygen atoms in total. The molecule has 0 saturated heterocycles. The lowest BCUT2D eigenvalue weighted by Gasteiger charge is -2.30. The Kier molecular flexibility index (Phi) is 5.57. The van der Waals surface area contributed by atoms with Crippen LogP contribution in [0.2, 0.25) is 0 Å². The Morgan fingerprint density at radius 1 is 1.28 bits per heavy atom. The number of aliphatic carboxylic acids is 1. The van der Waals surface area contributed by atoms with Crippen LogP contribution in [0.15, 0.2) is 23.7 Å². The number of carbonyl (C=O) groups excluding carboxylic acids is 2. The third-order valence-corrected chi connectivity index (χ3v) is 4.93. The number of hydrogen-bond donors (Lipinski definition) is 2. The molecule has 0 saturated carbocycles. The minimum atomic E-state index is -1.11. The van der Waals surface area contributed by atoms with Crippen LogP contribution in [0, 0.1) is 11.3 Å². The maximum Gasteiger partial charge on any atom is 0.325 e. The van der Waals surface area contributed by atoms with E-state index in [4.69, 9.17) is 5.11 Å². The van der Waals surface area contributed by atoms with E-state index >= 15 is 0 Å². The number of carboxylic acids is 1. The van der Waals surface area contributed by atoms with Gasteiger partial charge in [-0.3, -0.25) is 14.4 Å².